The number of pyridine rings is 1. The van der Waals surface area contributed by atoms with Gasteiger partial charge in [0.15, 0.2) is 0 Å². The van der Waals surface area contributed by atoms with Crippen LogP contribution in [-0.4, -0.2) is 25.2 Å². The van der Waals surface area contributed by atoms with Crippen LogP contribution in [0.5, 0.6) is 0 Å². The minimum Gasteiger partial charge on any atom is -0.465 e. The van der Waals surface area contributed by atoms with E-state index in [0.717, 1.165) is 0 Å². The van der Waals surface area contributed by atoms with Crippen LogP contribution in [0.3, 0.4) is 0 Å². The number of hydrogen-bond donors (Lipinski definition) is 0. The number of carbonyl (C=O) groups is 1. The fraction of sp³-hybridized carbons (Fsp3) is 0.158. The number of fused-ring (bicyclic) bond motifs is 1. The molecule has 1 heterocycles. The third kappa shape index (κ3) is 3.21. The molecule has 0 spiro atoms. The summed E-state index contributed by atoms with van der Waals surface area (Å²) < 4.78 is 24.6. The monoisotopic (exact) mass is 359 g/mol. The predicted molar refractivity (Wildman–Crippen MR) is 94.2 cm³/mol. The summed E-state index contributed by atoms with van der Waals surface area (Å²) in [5.41, 5.74) is 1.80. The van der Waals surface area contributed by atoms with E-state index in [-0.39, 0.29) is 17.7 Å². The lowest BCUT2D eigenvalue weighted by molar-refractivity contribution is 0.0596. The molecule has 6 heteroatoms. The van der Waals surface area contributed by atoms with Crippen LogP contribution in [0, 0.1) is 5.82 Å². The third-order valence-electron chi connectivity index (χ3n) is 3.84. The van der Waals surface area contributed by atoms with Gasteiger partial charge in [-0.15, -0.1) is 0 Å². The Balaban J connectivity index is 2.50. The largest absolute Gasteiger partial charge is 0.465 e. The third-order valence-corrected chi connectivity index (χ3v) is 4.07. The van der Waals surface area contributed by atoms with Crippen molar-refractivity contribution in [3.05, 3.63) is 64.6 Å². The number of hydrogen-bond acceptors (Lipinski definition) is 4. The molecule has 0 aliphatic heterocycles. The highest BCUT2D eigenvalue weighted by Gasteiger charge is 2.24. The van der Waals surface area contributed by atoms with Gasteiger partial charge in [0.05, 0.1) is 30.5 Å². The lowest BCUT2D eigenvalue weighted by Crippen LogP contribution is -2.12. The SMILES string of the molecule is COCc1nc2ccc(Cl)cc2c(-c2ccccc2F)c1C(=O)OC. The molecule has 3 rings (SSSR count). The zero-order chi connectivity index (χ0) is 18.0. The van der Waals surface area contributed by atoms with Crippen molar-refractivity contribution in [3.8, 4) is 11.1 Å². The second kappa shape index (κ2) is 7.17. The molecule has 0 fully saturated rings. The molecule has 0 saturated carbocycles. The van der Waals surface area contributed by atoms with Crippen LogP contribution in [-0.2, 0) is 16.1 Å². The fourth-order valence-electron chi connectivity index (χ4n) is 2.79. The number of benzene rings is 2. The van der Waals surface area contributed by atoms with Crippen molar-refractivity contribution >= 4 is 28.5 Å². The molecule has 3 aromatic rings. The minimum absolute atomic E-state index is 0.0878. The molecule has 0 unspecified atom stereocenters. The minimum atomic E-state index is -0.611. The van der Waals surface area contributed by atoms with Crippen LogP contribution < -0.4 is 0 Å². The first kappa shape index (κ1) is 17.3. The molecule has 0 bridgehead atoms. The zero-order valence-corrected chi connectivity index (χ0v) is 14.4. The van der Waals surface area contributed by atoms with E-state index in [9.17, 15) is 9.18 Å². The molecule has 1 aromatic heterocycles. The second-order valence-corrected chi connectivity index (χ2v) is 5.81. The maximum absolute atomic E-state index is 14.5. The molecule has 0 aliphatic carbocycles. The van der Waals surface area contributed by atoms with Gasteiger partial charge in [-0.25, -0.2) is 14.2 Å². The second-order valence-electron chi connectivity index (χ2n) is 5.37. The zero-order valence-electron chi connectivity index (χ0n) is 13.7. The van der Waals surface area contributed by atoms with Gasteiger partial charge in [0.25, 0.3) is 0 Å². The highest BCUT2D eigenvalue weighted by molar-refractivity contribution is 6.31. The lowest BCUT2D eigenvalue weighted by Gasteiger charge is -2.16. The molecular weight excluding hydrogens is 345 g/mol. The van der Waals surface area contributed by atoms with Crippen molar-refractivity contribution in [1.29, 1.82) is 0 Å². The van der Waals surface area contributed by atoms with Gasteiger partial charge in [0, 0.05) is 28.6 Å². The summed E-state index contributed by atoms with van der Waals surface area (Å²) in [7, 11) is 2.77. The Kier molecular flexibility index (Phi) is 4.97. The summed E-state index contributed by atoms with van der Waals surface area (Å²) in [5.74, 6) is -1.07. The highest BCUT2D eigenvalue weighted by atomic mass is 35.5. The van der Waals surface area contributed by atoms with Crippen LogP contribution in [0.1, 0.15) is 16.1 Å². The Morgan fingerprint density at radius 3 is 2.64 bits per heavy atom. The van der Waals surface area contributed by atoms with Gasteiger partial charge >= 0.3 is 5.97 Å². The molecule has 0 atom stereocenters. The number of ether oxygens (including phenoxy) is 2. The van der Waals surface area contributed by atoms with Gasteiger partial charge in [0.2, 0.25) is 0 Å². The summed E-state index contributed by atoms with van der Waals surface area (Å²) in [6.07, 6.45) is 0. The standard InChI is InChI=1S/C19H15ClFNO3/c1-24-10-16-18(19(23)25-2)17(12-5-3-4-6-14(12)21)13-9-11(20)7-8-15(13)22-16/h3-9H,10H2,1-2H3. The van der Waals surface area contributed by atoms with Crippen molar-refractivity contribution in [2.24, 2.45) is 0 Å². The van der Waals surface area contributed by atoms with Gasteiger partial charge in [-0.2, -0.15) is 0 Å². The lowest BCUT2D eigenvalue weighted by atomic mass is 9.93. The summed E-state index contributed by atoms with van der Waals surface area (Å²) in [5, 5.41) is 1.03. The Hall–Kier alpha value is -2.50. The molecule has 0 radical (unpaired) electrons. The van der Waals surface area contributed by atoms with Crippen LogP contribution in [0.2, 0.25) is 5.02 Å². The number of esters is 1. The van der Waals surface area contributed by atoms with Crippen molar-refractivity contribution in [2.45, 2.75) is 6.61 Å². The first-order valence-corrected chi connectivity index (χ1v) is 7.89. The summed E-state index contributed by atoms with van der Waals surface area (Å²) in [6, 6.07) is 11.3. The van der Waals surface area contributed by atoms with Gasteiger partial charge in [-0.05, 0) is 24.3 Å². The molecule has 0 aliphatic rings. The summed E-state index contributed by atoms with van der Waals surface area (Å²) in [6.45, 7) is 0.0878. The normalized spacial score (nSPS) is 10.9. The van der Waals surface area contributed by atoms with E-state index < -0.39 is 11.8 Å². The van der Waals surface area contributed by atoms with Gasteiger partial charge in [-0.1, -0.05) is 29.8 Å². The van der Waals surface area contributed by atoms with Crippen LogP contribution >= 0.6 is 11.6 Å². The maximum Gasteiger partial charge on any atom is 0.340 e. The van der Waals surface area contributed by atoms with Crippen LogP contribution in [0.15, 0.2) is 42.5 Å². The average Bonchev–Trinajstić information content (AvgIpc) is 2.61. The molecule has 25 heavy (non-hydrogen) atoms. The number of methoxy groups -OCH3 is 2. The Labute approximate surface area is 149 Å². The van der Waals surface area contributed by atoms with Gasteiger partial charge in [0.1, 0.15) is 5.82 Å². The van der Waals surface area contributed by atoms with E-state index in [1.54, 1.807) is 36.4 Å². The first-order valence-electron chi connectivity index (χ1n) is 7.51. The molecule has 0 saturated heterocycles. The number of halogens is 2. The fourth-order valence-corrected chi connectivity index (χ4v) is 2.97. The molecule has 0 amide bonds. The Bertz CT molecular complexity index is 959. The number of nitrogens with zero attached hydrogens (tertiary/aromatic N) is 1. The van der Waals surface area contributed by atoms with Crippen molar-refractivity contribution < 1.29 is 18.7 Å². The van der Waals surface area contributed by atoms with Crippen LogP contribution in [0.25, 0.3) is 22.0 Å². The quantitative estimate of drug-likeness (QED) is 0.637. The van der Waals surface area contributed by atoms with Crippen molar-refractivity contribution in [1.82, 2.24) is 4.98 Å². The summed E-state index contributed by atoms with van der Waals surface area (Å²) in [4.78, 5) is 17.0. The van der Waals surface area contributed by atoms with Gasteiger partial charge < -0.3 is 9.47 Å². The van der Waals surface area contributed by atoms with E-state index in [1.165, 1.54) is 20.3 Å². The van der Waals surface area contributed by atoms with Crippen molar-refractivity contribution in [3.63, 3.8) is 0 Å². The molecular formula is C19H15ClFNO3. The molecule has 2 aromatic carbocycles. The Morgan fingerprint density at radius 1 is 1.20 bits per heavy atom. The first-order chi connectivity index (χ1) is 12.1. The summed E-state index contributed by atoms with van der Waals surface area (Å²) >= 11 is 6.12. The van der Waals surface area contributed by atoms with E-state index in [0.29, 0.717) is 27.2 Å². The smallest absolute Gasteiger partial charge is 0.340 e. The van der Waals surface area contributed by atoms with Crippen LogP contribution in [0.4, 0.5) is 4.39 Å². The average molecular weight is 360 g/mol. The van der Waals surface area contributed by atoms with E-state index >= 15 is 0 Å². The maximum atomic E-state index is 14.5. The van der Waals surface area contributed by atoms with Gasteiger partial charge in [-0.3, -0.25) is 0 Å². The topological polar surface area (TPSA) is 48.4 Å². The predicted octanol–water partition coefficient (Wildman–Crippen LogP) is 4.63. The molecule has 4 nitrogen and oxygen atoms in total. The number of aromatic nitrogens is 1. The molecule has 128 valence electrons. The van der Waals surface area contributed by atoms with E-state index in [1.807, 2.05) is 0 Å². The Morgan fingerprint density at radius 2 is 1.96 bits per heavy atom. The number of rotatable bonds is 4. The van der Waals surface area contributed by atoms with E-state index in [4.69, 9.17) is 21.1 Å². The van der Waals surface area contributed by atoms with Crippen molar-refractivity contribution in [2.75, 3.05) is 14.2 Å². The van der Waals surface area contributed by atoms with E-state index in [2.05, 4.69) is 4.98 Å². The number of carbonyl (C=O) groups excluding carboxylic acids is 1. The highest BCUT2D eigenvalue weighted by Crippen LogP contribution is 2.36. The molecule has 0 N–H and O–H groups in total.